The normalized spacial score (nSPS) is 11.5. The predicted molar refractivity (Wildman–Crippen MR) is 76.9 cm³/mol. The van der Waals surface area contributed by atoms with E-state index in [1.165, 1.54) is 6.92 Å². The number of carbonyl (C=O) groups excluding carboxylic acids is 2. The molecule has 102 valence electrons. The van der Waals surface area contributed by atoms with Gasteiger partial charge in [0.25, 0.3) is 0 Å². The minimum atomic E-state index is -0.622. The highest BCUT2D eigenvalue weighted by Gasteiger charge is 2.12. The van der Waals surface area contributed by atoms with Gasteiger partial charge in [-0.3, -0.25) is 9.59 Å². The van der Waals surface area contributed by atoms with Crippen LogP contribution >= 0.6 is 0 Å². The molecule has 0 aliphatic rings. The summed E-state index contributed by atoms with van der Waals surface area (Å²) >= 11 is 0. The van der Waals surface area contributed by atoms with Crippen molar-refractivity contribution in [3.8, 4) is 0 Å². The fraction of sp³-hybridized carbons (Fsp3) is 0.286. The van der Waals surface area contributed by atoms with Gasteiger partial charge in [-0.25, -0.2) is 0 Å². The van der Waals surface area contributed by atoms with Crippen molar-refractivity contribution in [3.63, 3.8) is 0 Å². The summed E-state index contributed by atoms with van der Waals surface area (Å²) in [6.45, 7) is 6.85. The molecule has 5 nitrogen and oxygen atoms in total. The molecule has 4 N–H and O–H groups in total. The molecule has 0 saturated carbocycles. The Bertz CT molecular complexity index is 497. The highest BCUT2D eigenvalue weighted by molar-refractivity contribution is 5.96. The Morgan fingerprint density at radius 3 is 2.68 bits per heavy atom. The van der Waals surface area contributed by atoms with Gasteiger partial charge in [0.15, 0.2) is 0 Å². The van der Waals surface area contributed by atoms with Crippen LogP contribution in [-0.2, 0) is 9.59 Å². The molecule has 0 fully saturated rings. The Hall–Kier alpha value is -2.14. The lowest BCUT2D eigenvalue weighted by Crippen LogP contribution is -2.35. The Morgan fingerprint density at radius 1 is 1.42 bits per heavy atom. The summed E-state index contributed by atoms with van der Waals surface area (Å²) in [6.07, 6.45) is 2.01. The molecule has 5 heteroatoms. The maximum Gasteiger partial charge on any atom is 0.241 e. The molecule has 2 amide bonds. The zero-order valence-corrected chi connectivity index (χ0v) is 11.2. The van der Waals surface area contributed by atoms with Crippen LogP contribution in [0.2, 0.25) is 0 Å². The van der Waals surface area contributed by atoms with Crippen molar-refractivity contribution in [1.29, 1.82) is 0 Å². The number of nitrogens with one attached hydrogen (secondary N) is 2. The lowest BCUT2D eigenvalue weighted by Gasteiger charge is -2.13. The van der Waals surface area contributed by atoms with E-state index in [2.05, 4.69) is 17.2 Å². The molecule has 0 saturated heterocycles. The number of rotatable bonds is 5. The number of hydrogen-bond acceptors (Lipinski definition) is 3. The van der Waals surface area contributed by atoms with Crippen molar-refractivity contribution < 1.29 is 9.59 Å². The van der Waals surface area contributed by atoms with E-state index in [1.807, 2.05) is 13.0 Å². The number of anilines is 2. The van der Waals surface area contributed by atoms with Gasteiger partial charge in [0.1, 0.15) is 0 Å². The molecule has 0 bridgehead atoms. The zero-order valence-electron chi connectivity index (χ0n) is 11.2. The second-order valence-electron chi connectivity index (χ2n) is 4.33. The molecular formula is C14H19N3O2. The molecule has 1 atom stereocenters. The highest BCUT2D eigenvalue weighted by atomic mass is 16.2. The molecule has 19 heavy (non-hydrogen) atoms. The van der Waals surface area contributed by atoms with E-state index in [4.69, 9.17) is 5.73 Å². The number of nitrogens with two attached hydrogens (primary N) is 1. The first-order chi connectivity index (χ1) is 8.93. The quantitative estimate of drug-likeness (QED) is 0.706. The summed E-state index contributed by atoms with van der Waals surface area (Å²) in [5.41, 5.74) is 7.86. The fourth-order valence-corrected chi connectivity index (χ4v) is 1.55. The lowest BCUT2D eigenvalue weighted by atomic mass is 10.1. The van der Waals surface area contributed by atoms with Crippen molar-refractivity contribution in [1.82, 2.24) is 0 Å². The predicted octanol–water partition coefficient (Wildman–Crippen LogP) is 1.80. The molecule has 0 aromatic heterocycles. The van der Waals surface area contributed by atoms with Crippen molar-refractivity contribution >= 4 is 23.2 Å². The average molecular weight is 261 g/mol. The monoisotopic (exact) mass is 261 g/mol. The molecule has 1 unspecified atom stereocenters. The fourth-order valence-electron chi connectivity index (χ4n) is 1.55. The summed E-state index contributed by atoms with van der Waals surface area (Å²) in [4.78, 5) is 22.8. The van der Waals surface area contributed by atoms with Gasteiger partial charge in [0.2, 0.25) is 11.8 Å². The van der Waals surface area contributed by atoms with Crippen LogP contribution in [-0.4, -0.2) is 17.9 Å². The minimum Gasteiger partial charge on any atom is -0.326 e. The van der Waals surface area contributed by atoms with Gasteiger partial charge < -0.3 is 16.4 Å². The van der Waals surface area contributed by atoms with Crippen LogP contribution in [0.5, 0.6) is 0 Å². The first kappa shape index (κ1) is 14.9. The van der Waals surface area contributed by atoms with E-state index in [9.17, 15) is 9.59 Å². The number of aryl methyl sites for hydroxylation is 1. The second-order valence-corrected chi connectivity index (χ2v) is 4.33. The van der Waals surface area contributed by atoms with Gasteiger partial charge in [0.05, 0.1) is 6.04 Å². The van der Waals surface area contributed by atoms with Gasteiger partial charge in [-0.2, -0.15) is 0 Å². The van der Waals surface area contributed by atoms with E-state index >= 15 is 0 Å². The highest BCUT2D eigenvalue weighted by Crippen LogP contribution is 2.20. The average Bonchev–Trinajstić information content (AvgIpc) is 2.33. The van der Waals surface area contributed by atoms with E-state index in [1.54, 1.807) is 18.2 Å². The summed E-state index contributed by atoms with van der Waals surface area (Å²) in [5.74, 6) is -0.438. The summed E-state index contributed by atoms with van der Waals surface area (Å²) < 4.78 is 0. The minimum absolute atomic E-state index is 0.157. The van der Waals surface area contributed by atoms with Gasteiger partial charge in [-0.15, -0.1) is 6.58 Å². The molecular weight excluding hydrogens is 242 g/mol. The molecule has 0 heterocycles. The third-order valence-corrected chi connectivity index (χ3v) is 2.57. The topological polar surface area (TPSA) is 84.2 Å². The van der Waals surface area contributed by atoms with Gasteiger partial charge in [0, 0.05) is 18.3 Å². The summed E-state index contributed by atoms with van der Waals surface area (Å²) in [5, 5.41) is 5.41. The van der Waals surface area contributed by atoms with E-state index in [-0.39, 0.29) is 11.8 Å². The van der Waals surface area contributed by atoms with E-state index < -0.39 is 6.04 Å². The number of carbonyl (C=O) groups is 2. The van der Waals surface area contributed by atoms with E-state index in [0.717, 1.165) is 5.56 Å². The Kier molecular flexibility index (Phi) is 5.26. The van der Waals surface area contributed by atoms with Crippen LogP contribution in [0.25, 0.3) is 0 Å². The number of benzene rings is 1. The first-order valence-corrected chi connectivity index (χ1v) is 5.99. The maximum absolute atomic E-state index is 11.7. The van der Waals surface area contributed by atoms with Crippen molar-refractivity contribution in [2.45, 2.75) is 26.3 Å². The Balaban J connectivity index is 2.82. The zero-order chi connectivity index (χ0) is 14.4. The van der Waals surface area contributed by atoms with Gasteiger partial charge in [-0.05, 0) is 31.0 Å². The van der Waals surface area contributed by atoms with Crippen LogP contribution in [0.3, 0.4) is 0 Å². The smallest absolute Gasteiger partial charge is 0.241 e. The van der Waals surface area contributed by atoms with Crippen LogP contribution in [0.15, 0.2) is 30.9 Å². The molecule has 0 aliphatic carbocycles. The van der Waals surface area contributed by atoms with Gasteiger partial charge in [-0.1, -0.05) is 12.1 Å². The molecule has 1 aromatic rings. The van der Waals surface area contributed by atoms with E-state index in [0.29, 0.717) is 17.8 Å². The number of hydrogen-bond donors (Lipinski definition) is 3. The van der Waals surface area contributed by atoms with Crippen molar-refractivity contribution in [3.05, 3.63) is 36.4 Å². The van der Waals surface area contributed by atoms with Crippen LogP contribution in [0.1, 0.15) is 18.9 Å². The summed E-state index contributed by atoms with van der Waals surface area (Å²) in [7, 11) is 0. The molecule has 0 spiro atoms. The second kappa shape index (κ2) is 6.70. The van der Waals surface area contributed by atoms with Crippen LogP contribution < -0.4 is 16.4 Å². The third-order valence-electron chi connectivity index (χ3n) is 2.57. The van der Waals surface area contributed by atoms with Crippen LogP contribution in [0.4, 0.5) is 11.4 Å². The van der Waals surface area contributed by atoms with Gasteiger partial charge >= 0.3 is 0 Å². The van der Waals surface area contributed by atoms with Crippen molar-refractivity contribution in [2.24, 2.45) is 5.73 Å². The summed E-state index contributed by atoms with van der Waals surface area (Å²) in [6, 6.07) is 4.66. The standard InChI is InChI=1S/C14H19N3O2/c1-4-5-12(15)14(19)17-11-7-6-9(2)13(8-11)16-10(3)18/h4,6-8,12H,1,5,15H2,2-3H3,(H,16,18)(H,17,19). The van der Waals surface area contributed by atoms with Crippen molar-refractivity contribution in [2.75, 3.05) is 10.6 Å². The van der Waals surface area contributed by atoms with Crippen LogP contribution in [0, 0.1) is 6.92 Å². The number of amides is 2. The molecule has 0 aliphatic heterocycles. The molecule has 0 radical (unpaired) electrons. The third kappa shape index (κ3) is 4.56. The SMILES string of the molecule is C=CCC(N)C(=O)Nc1ccc(C)c(NC(C)=O)c1. The Labute approximate surface area is 112 Å². The first-order valence-electron chi connectivity index (χ1n) is 5.99. The Morgan fingerprint density at radius 2 is 2.11 bits per heavy atom. The molecule has 1 rings (SSSR count). The molecule has 1 aromatic carbocycles. The largest absolute Gasteiger partial charge is 0.326 e. The maximum atomic E-state index is 11.7. The lowest BCUT2D eigenvalue weighted by molar-refractivity contribution is -0.117.